The Bertz CT molecular complexity index is 824. The van der Waals surface area contributed by atoms with Gasteiger partial charge in [0, 0.05) is 24.7 Å². The van der Waals surface area contributed by atoms with E-state index in [1.165, 1.54) is 5.56 Å². The van der Waals surface area contributed by atoms with Crippen LogP contribution in [0.15, 0.2) is 18.2 Å². The molecule has 1 aliphatic carbocycles. The van der Waals surface area contributed by atoms with Gasteiger partial charge in [0.05, 0.1) is 13.2 Å². The number of carbonyl (C=O) groups excluding carboxylic acids is 1. The number of rotatable bonds is 5. The first-order valence-electron chi connectivity index (χ1n) is 8.10. The molecule has 0 saturated heterocycles. The van der Waals surface area contributed by atoms with Gasteiger partial charge in [-0.3, -0.25) is 5.10 Å². The van der Waals surface area contributed by atoms with Crippen LogP contribution in [0.4, 0.5) is 10.5 Å². The first-order chi connectivity index (χ1) is 11.7. The van der Waals surface area contributed by atoms with E-state index in [-0.39, 0.29) is 6.03 Å². The third-order valence-electron chi connectivity index (χ3n) is 4.33. The molecule has 1 aliphatic heterocycles. The maximum Gasteiger partial charge on any atom is 0.319 e. The number of aromatic nitrogens is 3. The van der Waals surface area contributed by atoms with Gasteiger partial charge in [0.1, 0.15) is 5.82 Å². The summed E-state index contributed by atoms with van der Waals surface area (Å²) in [6.07, 6.45) is 2.32. The molecule has 1 saturated carbocycles. The van der Waals surface area contributed by atoms with E-state index in [2.05, 4.69) is 20.8 Å². The van der Waals surface area contributed by atoms with Crippen LogP contribution >= 0.6 is 12.2 Å². The summed E-state index contributed by atoms with van der Waals surface area (Å²) in [7, 11) is 0. The number of anilines is 1. The Morgan fingerprint density at radius 2 is 2.21 bits per heavy atom. The monoisotopic (exact) mass is 345 g/mol. The van der Waals surface area contributed by atoms with E-state index in [1.54, 1.807) is 0 Å². The SMILES string of the molecule is O=C(NCCn1c(C2CC2)n[nH]c1=S)Nc1ccc2c(c1)COC2. The second-order valence-electron chi connectivity index (χ2n) is 6.17. The molecule has 1 aromatic carbocycles. The number of H-pyrrole nitrogens is 1. The van der Waals surface area contributed by atoms with Crippen LogP contribution in [0.25, 0.3) is 0 Å². The highest BCUT2D eigenvalue weighted by Gasteiger charge is 2.28. The predicted octanol–water partition coefficient (Wildman–Crippen LogP) is 2.67. The molecule has 2 aromatic rings. The summed E-state index contributed by atoms with van der Waals surface area (Å²) < 4.78 is 7.96. The van der Waals surface area contributed by atoms with Gasteiger partial charge >= 0.3 is 6.03 Å². The minimum absolute atomic E-state index is 0.225. The largest absolute Gasteiger partial charge is 0.372 e. The van der Waals surface area contributed by atoms with Gasteiger partial charge in [-0.2, -0.15) is 5.10 Å². The van der Waals surface area contributed by atoms with Crippen LogP contribution in [-0.4, -0.2) is 27.3 Å². The van der Waals surface area contributed by atoms with Crippen molar-refractivity contribution in [1.82, 2.24) is 20.1 Å². The van der Waals surface area contributed by atoms with Gasteiger partial charge < -0.3 is 19.9 Å². The van der Waals surface area contributed by atoms with Crippen LogP contribution in [0.3, 0.4) is 0 Å². The molecule has 3 N–H and O–H groups in total. The smallest absolute Gasteiger partial charge is 0.319 e. The minimum atomic E-state index is -0.225. The fourth-order valence-corrected chi connectivity index (χ4v) is 3.14. The lowest BCUT2D eigenvalue weighted by atomic mass is 10.1. The zero-order valence-electron chi connectivity index (χ0n) is 13.2. The van der Waals surface area contributed by atoms with Crippen molar-refractivity contribution in [3.05, 3.63) is 39.9 Å². The Labute approximate surface area is 144 Å². The molecule has 2 heterocycles. The summed E-state index contributed by atoms with van der Waals surface area (Å²) in [5.41, 5.74) is 3.09. The van der Waals surface area contributed by atoms with Crippen molar-refractivity contribution >= 4 is 23.9 Å². The molecule has 1 fully saturated rings. The van der Waals surface area contributed by atoms with Crippen LogP contribution in [0.2, 0.25) is 0 Å². The number of carbonyl (C=O) groups is 1. The van der Waals surface area contributed by atoms with Gasteiger partial charge in [-0.05, 0) is 48.3 Å². The number of hydrogen-bond acceptors (Lipinski definition) is 4. The predicted molar refractivity (Wildman–Crippen MR) is 91.3 cm³/mol. The van der Waals surface area contributed by atoms with E-state index in [0.717, 1.165) is 29.9 Å². The van der Waals surface area contributed by atoms with Gasteiger partial charge in [0.2, 0.25) is 0 Å². The van der Waals surface area contributed by atoms with E-state index in [1.807, 2.05) is 22.8 Å². The lowest BCUT2D eigenvalue weighted by Crippen LogP contribution is -2.31. The number of ether oxygens (including phenoxy) is 1. The Morgan fingerprint density at radius 1 is 1.38 bits per heavy atom. The quantitative estimate of drug-likeness (QED) is 0.728. The molecular formula is C16H19N5O2S. The number of benzene rings is 1. The maximum absolute atomic E-state index is 12.0. The summed E-state index contributed by atoms with van der Waals surface area (Å²) in [6, 6.07) is 5.62. The van der Waals surface area contributed by atoms with Gasteiger partial charge in [0.25, 0.3) is 0 Å². The van der Waals surface area contributed by atoms with Gasteiger partial charge in [-0.1, -0.05) is 6.07 Å². The van der Waals surface area contributed by atoms with Crippen molar-refractivity contribution < 1.29 is 9.53 Å². The third kappa shape index (κ3) is 3.20. The Hall–Kier alpha value is -2.19. The summed E-state index contributed by atoms with van der Waals surface area (Å²) in [5.74, 6) is 1.52. The number of aromatic amines is 1. The Morgan fingerprint density at radius 3 is 3.04 bits per heavy atom. The molecule has 0 atom stereocenters. The van der Waals surface area contributed by atoms with Gasteiger partial charge in [0.15, 0.2) is 4.77 Å². The van der Waals surface area contributed by atoms with Crippen molar-refractivity contribution in [2.45, 2.75) is 38.5 Å². The molecule has 7 nitrogen and oxygen atoms in total. The van der Waals surface area contributed by atoms with Crippen LogP contribution in [0.5, 0.6) is 0 Å². The normalized spacial score (nSPS) is 16.0. The summed E-state index contributed by atoms with van der Waals surface area (Å²) in [5, 5.41) is 12.8. The van der Waals surface area contributed by atoms with E-state index < -0.39 is 0 Å². The molecule has 2 aliphatic rings. The zero-order chi connectivity index (χ0) is 16.5. The second kappa shape index (κ2) is 6.37. The number of amides is 2. The molecule has 0 bridgehead atoms. The van der Waals surface area contributed by atoms with Crippen LogP contribution in [0.1, 0.15) is 35.7 Å². The van der Waals surface area contributed by atoms with Crippen molar-refractivity contribution in [2.24, 2.45) is 0 Å². The van der Waals surface area contributed by atoms with Gasteiger partial charge in [-0.25, -0.2) is 4.79 Å². The molecule has 0 spiro atoms. The lowest BCUT2D eigenvalue weighted by molar-refractivity contribution is 0.134. The Balaban J connectivity index is 1.31. The van der Waals surface area contributed by atoms with Crippen molar-refractivity contribution in [3.63, 3.8) is 0 Å². The molecule has 8 heteroatoms. The zero-order valence-corrected chi connectivity index (χ0v) is 14.0. The second-order valence-corrected chi connectivity index (χ2v) is 6.56. The van der Waals surface area contributed by atoms with Crippen molar-refractivity contribution in [2.75, 3.05) is 11.9 Å². The lowest BCUT2D eigenvalue weighted by Gasteiger charge is -2.10. The molecule has 4 rings (SSSR count). The fourth-order valence-electron chi connectivity index (χ4n) is 2.91. The van der Waals surface area contributed by atoms with Crippen molar-refractivity contribution in [3.8, 4) is 0 Å². The average molecular weight is 345 g/mol. The number of fused-ring (bicyclic) bond motifs is 1. The first kappa shape index (κ1) is 15.3. The molecule has 24 heavy (non-hydrogen) atoms. The Kier molecular flexibility index (Phi) is 4.07. The summed E-state index contributed by atoms with van der Waals surface area (Å²) in [4.78, 5) is 12.0. The molecule has 1 aromatic heterocycles. The average Bonchev–Trinajstić information content (AvgIpc) is 3.19. The number of nitrogens with zero attached hydrogens (tertiary/aromatic N) is 2. The highest BCUT2D eigenvalue weighted by atomic mass is 32.1. The molecule has 0 radical (unpaired) electrons. The summed E-state index contributed by atoms with van der Waals surface area (Å²) in [6.45, 7) is 2.37. The topological polar surface area (TPSA) is 84.0 Å². The first-order valence-corrected chi connectivity index (χ1v) is 8.51. The molecular weight excluding hydrogens is 326 g/mol. The van der Waals surface area contributed by atoms with Gasteiger partial charge in [-0.15, -0.1) is 0 Å². The fraction of sp³-hybridized carbons (Fsp3) is 0.438. The van der Waals surface area contributed by atoms with E-state index >= 15 is 0 Å². The minimum Gasteiger partial charge on any atom is -0.372 e. The van der Waals surface area contributed by atoms with Crippen LogP contribution < -0.4 is 10.6 Å². The standard InChI is InChI=1S/C16H19N5O2S/c22-15(18-13-4-3-11-8-23-9-12(11)7-13)17-5-6-21-14(10-1-2-10)19-20-16(21)24/h3-4,7,10H,1-2,5-6,8-9H2,(H,20,24)(H2,17,18,22). The van der Waals surface area contributed by atoms with Crippen LogP contribution in [0, 0.1) is 4.77 Å². The molecule has 0 unspecified atom stereocenters. The number of hydrogen-bond donors (Lipinski definition) is 3. The highest BCUT2D eigenvalue weighted by molar-refractivity contribution is 7.71. The highest BCUT2D eigenvalue weighted by Crippen LogP contribution is 2.38. The van der Waals surface area contributed by atoms with E-state index in [4.69, 9.17) is 17.0 Å². The van der Waals surface area contributed by atoms with E-state index in [9.17, 15) is 4.79 Å². The third-order valence-corrected chi connectivity index (χ3v) is 4.64. The van der Waals surface area contributed by atoms with Crippen LogP contribution in [-0.2, 0) is 24.5 Å². The summed E-state index contributed by atoms with van der Waals surface area (Å²) >= 11 is 5.25. The number of nitrogens with one attached hydrogen (secondary N) is 3. The van der Waals surface area contributed by atoms with E-state index in [0.29, 0.717) is 37.0 Å². The molecule has 126 valence electrons. The van der Waals surface area contributed by atoms with Crippen molar-refractivity contribution in [1.29, 1.82) is 0 Å². The maximum atomic E-state index is 12.0. The molecule has 2 amide bonds. The number of urea groups is 1.